The van der Waals surface area contributed by atoms with Crippen LogP contribution >= 0.6 is 23.1 Å². The van der Waals surface area contributed by atoms with Crippen LogP contribution in [0, 0.1) is 6.92 Å². The van der Waals surface area contributed by atoms with Gasteiger partial charge in [0.2, 0.25) is 5.91 Å². The molecule has 0 aliphatic heterocycles. The Bertz CT molecular complexity index is 968. The van der Waals surface area contributed by atoms with Gasteiger partial charge in [0.1, 0.15) is 15.7 Å². The number of thioether (sulfide) groups is 1. The van der Waals surface area contributed by atoms with Crippen molar-refractivity contribution in [2.75, 3.05) is 0 Å². The second-order valence-corrected chi connectivity index (χ2v) is 9.34. The van der Waals surface area contributed by atoms with E-state index in [9.17, 15) is 4.79 Å². The van der Waals surface area contributed by atoms with Crippen LogP contribution in [0.1, 0.15) is 41.6 Å². The van der Waals surface area contributed by atoms with E-state index < -0.39 is 0 Å². The normalized spacial score (nSPS) is 14.7. The largest absolute Gasteiger partial charge is 0.351 e. The highest BCUT2D eigenvalue weighted by Gasteiger charge is 2.23. The molecule has 1 aliphatic rings. The summed E-state index contributed by atoms with van der Waals surface area (Å²) in [5.41, 5.74) is 2.52. The van der Waals surface area contributed by atoms with Crippen molar-refractivity contribution in [3.05, 3.63) is 52.2 Å². The Kier molecular flexibility index (Phi) is 5.45. The van der Waals surface area contributed by atoms with Crippen LogP contribution in [0.5, 0.6) is 0 Å². The quantitative estimate of drug-likeness (QED) is 0.502. The molecule has 0 saturated heterocycles. The van der Waals surface area contributed by atoms with Crippen molar-refractivity contribution < 1.29 is 4.79 Å². The topological polar surface area (TPSA) is 54.9 Å². The van der Waals surface area contributed by atoms with Crippen molar-refractivity contribution in [1.82, 2.24) is 15.3 Å². The van der Waals surface area contributed by atoms with Gasteiger partial charge < -0.3 is 5.32 Å². The minimum absolute atomic E-state index is 0.0392. The Hall–Kier alpha value is -1.92. The lowest BCUT2D eigenvalue weighted by atomic mass is 9.97. The fourth-order valence-electron chi connectivity index (χ4n) is 3.46. The summed E-state index contributed by atoms with van der Waals surface area (Å²) in [6.07, 6.45) is 4.73. The molecular formula is C21H23N3OS2. The number of carbonyl (C=O) groups is 1. The Morgan fingerprint density at radius 3 is 2.81 bits per heavy atom. The van der Waals surface area contributed by atoms with Crippen LogP contribution in [0.15, 0.2) is 35.4 Å². The molecule has 1 aliphatic carbocycles. The van der Waals surface area contributed by atoms with Crippen molar-refractivity contribution in [2.45, 2.75) is 56.4 Å². The molecule has 3 aromatic rings. The fraction of sp³-hybridized carbons (Fsp3) is 0.381. The molecule has 0 spiro atoms. The minimum Gasteiger partial charge on any atom is -0.351 e. The number of thiophene rings is 1. The monoisotopic (exact) mass is 397 g/mol. The first-order valence-electron chi connectivity index (χ1n) is 9.39. The zero-order valence-electron chi connectivity index (χ0n) is 15.6. The summed E-state index contributed by atoms with van der Waals surface area (Å²) < 4.78 is 0. The van der Waals surface area contributed by atoms with Crippen molar-refractivity contribution >= 4 is 39.2 Å². The van der Waals surface area contributed by atoms with Crippen LogP contribution in [-0.2, 0) is 24.2 Å². The number of carbonyl (C=O) groups excluding carboxylic acids is 1. The molecule has 0 unspecified atom stereocenters. The molecule has 0 bridgehead atoms. The van der Waals surface area contributed by atoms with E-state index in [2.05, 4.69) is 10.3 Å². The van der Waals surface area contributed by atoms with Gasteiger partial charge in [-0.3, -0.25) is 4.79 Å². The molecule has 0 saturated carbocycles. The molecule has 4 rings (SSSR count). The van der Waals surface area contributed by atoms with Crippen LogP contribution in [0.3, 0.4) is 0 Å². The van der Waals surface area contributed by atoms with Gasteiger partial charge in [-0.05, 0) is 50.7 Å². The van der Waals surface area contributed by atoms with E-state index in [-0.39, 0.29) is 11.2 Å². The van der Waals surface area contributed by atoms with E-state index in [0.29, 0.717) is 6.54 Å². The van der Waals surface area contributed by atoms with Gasteiger partial charge >= 0.3 is 0 Å². The summed E-state index contributed by atoms with van der Waals surface area (Å²) in [6.45, 7) is 4.44. The highest BCUT2D eigenvalue weighted by molar-refractivity contribution is 8.00. The van der Waals surface area contributed by atoms with E-state index in [4.69, 9.17) is 4.98 Å². The van der Waals surface area contributed by atoms with Gasteiger partial charge in [0.25, 0.3) is 0 Å². The van der Waals surface area contributed by atoms with Gasteiger partial charge in [-0.15, -0.1) is 11.3 Å². The van der Waals surface area contributed by atoms with Crippen molar-refractivity contribution in [2.24, 2.45) is 0 Å². The van der Waals surface area contributed by atoms with E-state index in [1.54, 1.807) is 23.1 Å². The van der Waals surface area contributed by atoms with E-state index in [0.717, 1.165) is 34.1 Å². The average Bonchev–Trinajstić information content (AvgIpc) is 3.05. The smallest absolute Gasteiger partial charge is 0.233 e. The molecule has 4 nitrogen and oxygen atoms in total. The first kappa shape index (κ1) is 18.4. The van der Waals surface area contributed by atoms with Gasteiger partial charge in [-0.1, -0.05) is 42.1 Å². The molecule has 1 aromatic carbocycles. The number of aryl methyl sites for hydroxylation is 3. The molecule has 1 N–H and O–H groups in total. The Labute approximate surface area is 167 Å². The van der Waals surface area contributed by atoms with Gasteiger partial charge in [0.05, 0.1) is 5.25 Å². The Morgan fingerprint density at radius 2 is 2.00 bits per heavy atom. The summed E-state index contributed by atoms with van der Waals surface area (Å²) >= 11 is 3.36. The zero-order chi connectivity index (χ0) is 18.8. The minimum atomic E-state index is -0.203. The summed E-state index contributed by atoms with van der Waals surface area (Å²) in [7, 11) is 0. The van der Waals surface area contributed by atoms with Gasteiger partial charge in [-0.2, -0.15) is 0 Å². The standard InChI is InChI=1S/C21H23N3OS2/c1-13(19(25)22-12-15-8-4-3-5-9-15)26-20-18-16-10-6-7-11-17(16)27-21(18)24-14(2)23-20/h3-5,8-9,13H,6-7,10-12H2,1-2H3,(H,22,25)/t13-/m1/s1. The predicted molar refractivity (Wildman–Crippen MR) is 112 cm³/mol. The zero-order valence-corrected chi connectivity index (χ0v) is 17.3. The molecule has 27 heavy (non-hydrogen) atoms. The van der Waals surface area contributed by atoms with Crippen LogP contribution < -0.4 is 5.32 Å². The van der Waals surface area contributed by atoms with Crippen LogP contribution in [0.4, 0.5) is 0 Å². The SMILES string of the molecule is Cc1nc(S[C@H](C)C(=O)NCc2ccccc2)c2c3c(sc2n1)CCCC3. The molecule has 0 radical (unpaired) electrons. The molecule has 6 heteroatoms. The first-order valence-corrected chi connectivity index (χ1v) is 11.1. The maximum atomic E-state index is 12.6. The number of aromatic nitrogens is 2. The van der Waals surface area contributed by atoms with Gasteiger partial charge in [0, 0.05) is 16.8 Å². The number of rotatable bonds is 5. The van der Waals surface area contributed by atoms with Crippen molar-refractivity contribution in [1.29, 1.82) is 0 Å². The lowest BCUT2D eigenvalue weighted by Crippen LogP contribution is -2.30. The third-order valence-electron chi connectivity index (χ3n) is 4.86. The molecule has 2 aromatic heterocycles. The maximum absolute atomic E-state index is 12.6. The third-order valence-corrected chi connectivity index (χ3v) is 7.13. The number of amides is 1. The number of hydrogen-bond acceptors (Lipinski definition) is 5. The first-order chi connectivity index (χ1) is 13.1. The molecule has 2 heterocycles. The van der Waals surface area contributed by atoms with Crippen LogP contribution in [0.25, 0.3) is 10.2 Å². The maximum Gasteiger partial charge on any atom is 0.233 e. The molecule has 0 fully saturated rings. The van der Waals surface area contributed by atoms with E-state index >= 15 is 0 Å². The average molecular weight is 398 g/mol. The summed E-state index contributed by atoms with van der Waals surface area (Å²) in [6, 6.07) is 9.99. The fourth-order valence-corrected chi connectivity index (χ4v) is 5.88. The second-order valence-electron chi connectivity index (χ2n) is 6.93. The molecule has 1 amide bonds. The number of hydrogen-bond donors (Lipinski definition) is 1. The van der Waals surface area contributed by atoms with Crippen LogP contribution in [0.2, 0.25) is 0 Å². The van der Waals surface area contributed by atoms with E-state index in [1.165, 1.54) is 28.7 Å². The molecular weight excluding hydrogens is 374 g/mol. The van der Waals surface area contributed by atoms with Gasteiger partial charge in [-0.25, -0.2) is 9.97 Å². The molecule has 1 atom stereocenters. The number of nitrogens with one attached hydrogen (secondary N) is 1. The van der Waals surface area contributed by atoms with Crippen LogP contribution in [-0.4, -0.2) is 21.1 Å². The summed E-state index contributed by atoms with van der Waals surface area (Å²) in [5, 5.41) is 4.98. The third kappa shape index (κ3) is 4.01. The number of benzene rings is 1. The van der Waals surface area contributed by atoms with E-state index in [1.807, 2.05) is 44.2 Å². The lowest BCUT2D eigenvalue weighted by molar-refractivity contribution is -0.120. The van der Waals surface area contributed by atoms with Crippen molar-refractivity contribution in [3.63, 3.8) is 0 Å². The van der Waals surface area contributed by atoms with Crippen molar-refractivity contribution in [3.8, 4) is 0 Å². The highest BCUT2D eigenvalue weighted by Crippen LogP contribution is 2.40. The predicted octanol–water partition coefficient (Wildman–Crippen LogP) is 4.68. The number of fused-ring (bicyclic) bond motifs is 3. The summed E-state index contributed by atoms with van der Waals surface area (Å²) in [5.74, 6) is 0.817. The van der Waals surface area contributed by atoms with Gasteiger partial charge in [0.15, 0.2) is 0 Å². The Balaban J connectivity index is 1.53. The highest BCUT2D eigenvalue weighted by atomic mass is 32.2. The lowest BCUT2D eigenvalue weighted by Gasteiger charge is -2.14. The Morgan fingerprint density at radius 1 is 1.22 bits per heavy atom. The molecule has 140 valence electrons. The summed E-state index contributed by atoms with van der Waals surface area (Å²) in [4.78, 5) is 24.5. The number of nitrogens with zero attached hydrogens (tertiary/aromatic N) is 2. The second kappa shape index (κ2) is 7.98.